The summed E-state index contributed by atoms with van der Waals surface area (Å²) in [4.78, 5) is 12.7. The molecule has 0 amide bonds. The van der Waals surface area contributed by atoms with Crippen molar-refractivity contribution in [1.29, 1.82) is 0 Å². The highest BCUT2D eigenvalue weighted by molar-refractivity contribution is 6.12. The Morgan fingerprint density at radius 2 is 1.81 bits per heavy atom. The molecule has 4 heteroatoms. The largest absolute Gasteiger partial charge is 0.461 e. The number of hydrogen-bond donors (Lipinski definition) is 0. The van der Waals surface area contributed by atoms with Crippen molar-refractivity contribution in [1.82, 2.24) is 0 Å². The minimum Gasteiger partial charge on any atom is -0.461 e. The predicted molar refractivity (Wildman–Crippen MR) is 82.0 cm³/mol. The van der Waals surface area contributed by atoms with Crippen LogP contribution in [-0.2, 0) is 0 Å². The summed E-state index contributed by atoms with van der Waals surface area (Å²) in [5.74, 6) is -0.695. The molecule has 102 valence electrons. The van der Waals surface area contributed by atoms with Crippen molar-refractivity contribution >= 4 is 18.8 Å². The second kappa shape index (κ2) is 5.21. The molecule has 21 heavy (non-hydrogen) atoms. The maximum atomic E-state index is 14.0. The summed E-state index contributed by atoms with van der Waals surface area (Å²) in [5, 5.41) is -0.0410. The summed E-state index contributed by atoms with van der Waals surface area (Å²) in [7, 11) is 5.92. The van der Waals surface area contributed by atoms with Gasteiger partial charge < -0.3 is 4.42 Å². The zero-order valence-corrected chi connectivity index (χ0v) is 11.5. The molecule has 0 aliphatic rings. The van der Waals surface area contributed by atoms with Gasteiger partial charge in [0.25, 0.3) is 0 Å². The average Bonchev–Trinajstić information content (AvgIpc) is 2.47. The van der Waals surface area contributed by atoms with Crippen LogP contribution < -0.4 is 5.43 Å². The average molecular weight is 278 g/mol. The van der Waals surface area contributed by atoms with Crippen molar-refractivity contribution in [3.05, 3.63) is 70.3 Å². The molecule has 1 unspecified atom stereocenters. The van der Waals surface area contributed by atoms with Crippen molar-refractivity contribution in [3.8, 4) is 11.1 Å². The lowest BCUT2D eigenvalue weighted by Crippen LogP contribution is -2.12. The van der Waals surface area contributed by atoms with Crippen LogP contribution in [-0.4, -0.2) is 7.85 Å². The van der Waals surface area contributed by atoms with Gasteiger partial charge in [0.05, 0.1) is 13.4 Å². The van der Waals surface area contributed by atoms with Crippen molar-refractivity contribution in [2.24, 2.45) is 0 Å². The zero-order chi connectivity index (χ0) is 15.0. The van der Waals surface area contributed by atoms with Crippen molar-refractivity contribution in [2.75, 3.05) is 0 Å². The van der Waals surface area contributed by atoms with Crippen LogP contribution >= 0.6 is 0 Å². The Morgan fingerprint density at radius 3 is 2.48 bits per heavy atom. The van der Waals surface area contributed by atoms with Crippen LogP contribution in [0.1, 0.15) is 18.5 Å². The Balaban J connectivity index is 2.47. The number of benzene rings is 2. The molecule has 0 fully saturated rings. The van der Waals surface area contributed by atoms with E-state index < -0.39 is 17.1 Å². The standard InChI is InChI=1S/C17H12BFO2/c1-10(18)17-14(11-6-3-2-4-7-11)16(20)15-12(19)8-5-9-13(15)21-17/h2-10H,1H3. The first-order valence-electron chi connectivity index (χ1n) is 6.66. The summed E-state index contributed by atoms with van der Waals surface area (Å²) in [6.07, 6.45) is 0. The molecule has 1 atom stereocenters. The van der Waals surface area contributed by atoms with Gasteiger partial charge in [0.15, 0.2) is 0 Å². The van der Waals surface area contributed by atoms with E-state index in [4.69, 9.17) is 12.3 Å². The molecule has 3 rings (SSSR count). The van der Waals surface area contributed by atoms with Gasteiger partial charge in [0.1, 0.15) is 22.5 Å². The third-order valence-electron chi connectivity index (χ3n) is 3.37. The van der Waals surface area contributed by atoms with E-state index in [0.29, 0.717) is 16.9 Å². The molecule has 0 spiro atoms. The topological polar surface area (TPSA) is 30.2 Å². The van der Waals surface area contributed by atoms with Gasteiger partial charge in [-0.3, -0.25) is 4.79 Å². The summed E-state index contributed by atoms with van der Waals surface area (Å²) in [6, 6.07) is 13.4. The van der Waals surface area contributed by atoms with Gasteiger partial charge in [-0.2, -0.15) is 0 Å². The molecule has 0 bridgehead atoms. The summed E-state index contributed by atoms with van der Waals surface area (Å²) < 4.78 is 19.7. The van der Waals surface area contributed by atoms with Gasteiger partial charge >= 0.3 is 0 Å². The second-order valence-corrected chi connectivity index (χ2v) is 4.94. The van der Waals surface area contributed by atoms with Crippen LogP contribution in [0.5, 0.6) is 0 Å². The van der Waals surface area contributed by atoms with Gasteiger partial charge in [-0.15, -0.1) is 0 Å². The second-order valence-electron chi connectivity index (χ2n) is 4.94. The Labute approximate surface area is 122 Å². The molecule has 2 radical (unpaired) electrons. The van der Waals surface area contributed by atoms with E-state index in [1.54, 1.807) is 25.1 Å². The third-order valence-corrected chi connectivity index (χ3v) is 3.37. The van der Waals surface area contributed by atoms with Gasteiger partial charge in [0.2, 0.25) is 5.43 Å². The number of halogens is 1. The molecular weight excluding hydrogens is 266 g/mol. The van der Waals surface area contributed by atoms with Gasteiger partial charge in [-0.05, 0) is 23.5 Å². The van der Waals surface area contributed by atoms with E-state index in [-0.39, 0.29) is 11.0 Å². The smallest absolute Gasteiger partial charge is 0.203 e. The van der Waals surface area contributed by atoms with Crippen LogP contribution in [0.3, 0.4) is 0 Å². The Hall–Kier alpha value is -2.36. The zero-order valence-electron chi connectivity index (χ0n) is 11.5. The fourth-order valence-corrected chi connectivity index (χ4v) is 2.41. The van der Waals surface area contributed by atoms with Crippen LogP contribution in [0.4, 0.5) is 4.39 Å². The minimum atomic E-state index is -0.588. The van der Waals surface area contributed by atoms with Gasteiger partial charge in [0, 0.05) is 0 Å². The van der Waals surface area contributed by atoms with Crippen LogP contribution in [0.15, 0.2) is 57.7 Å². The summed E-state index contributed by atoms with van der Waals surface area (Å²) in [6.45, 7) is 1.73. The third kappa shape index (κ3) is 2.27. The normalized spacial score (nSPS) is 12.5. The first-order chi connectivity index (χ1) is 10.1. The SMILES string of the molecule is [B]C(C)c1oc2cccc(F)c2c(=O)c1-c1ccccc1. The maximum Gasteiger partial charge on any atom is 0.203 e. The van der Waals surface area contributed by atoms with Crippen LogP contribution in [0.2, 0.25) is 0 Å². The molecular formula is C17H12BFO2. The van der Waals surface area contributed by atoms with E-state index in [2.05, 4.69) is 0 Å². The maximum absolute atomic E-state index is 14.0. The Morgan fingerprint density at radius 1 is 1.10 bits per heavy atom. The van der Waals surface area contributed by atoms with E-state index in [0.717, 1.165) is 0 Å². The Bertz CT molecular complexity index is 854. The highest BCUT2D eigenvalue weighted by atomic mass is 19.1. The molecule has 0 aliphatic heterocycles. The monoisotopic (exact) mass is 278 g/mol. The van der Waals surface area contributed by atoms with E-state index in [1.807, 2.05) is 18.2 Å². The fourth-order valence-electron chi connectivity index (χ4n) is 2.41. The van der Waals surface area contributed by atoms with Crippen molar-refractivity contribution < 1.29 is 8.81 Å². The molecule has 2 nitrogen and oxygen atoms in total. The predicted octanol–water partition coefficient (Wildman–Crippen LogP) is 3.83. The Kier molecular flexibility index (Phi) is 3.38. The summed E-state index contributed by atoms with van der Waals surface area (Å²) in [5.41, 5.74) is 0.812. The minimum absolute atomic E-state index is 0.0410. The molecule has 0 saturated carbocycles. The summed E-state index contributed by atoms with van der Waals surface area (Å²) >= 11 is 0. The highest BCUT2D eigenvalue weighted by Crippen LogP contribution is 2.29. The van der Waals surface area contributed by atoms with Gasteiger partial charge in [-0.1, -0.05) is 43.3 Å². The fraction of sp³-hybridized carbons (Fsp3) is 0.118. The number of fused-ring (bicyclic) bond motifs is 1. The molecule has 1 aromatic heterocycles. The van der Waals surface area contributed by atoms with Crippen LogP contribution in [0, 0.1) is 5.82 Å². The van der Waals surface area contributed by atoms with E-state index >= 15 is 0 Å². The molecule has 3 aromatic rings. The first-order valence-corrected chi connectivity index (χ1v) is 6.66. The molecule has 0 N–H and O–H groups in total. The van der Waals surface area contributed by atoms with Gasteiger partial charge in [-0.25, -0.2) is 4.39 Å². The molecule has 2 aromatic carbocycles. The quantitative estimate of drug-likeness (QED) is 0.667. The van der Waals surface area contributed by atoms with Crippen molar-refractivity contribution in [2.45, 2.75) is 12.7 Å². The lowest BCUT2D eigenvalue weighted by Gasteiger charge is -2.13. The first kappa shape index (κ1) is 13.6. The van der Waals surface area contributed by atoms with Crippen LogP contribution in [0.25, 0.3) is 22.1 Å². The number of hydrogen-bond acceptors (Lipinski definition) is 2. The van der Waals surface area contributed by atoms with Crippen molar-refractivity contribution in [3.63, 3.8) is 0 Å². The lowest BCUT2D eigenvalue weighted by atomic mass is 9.83. The van der Waals surface area contributed by atoms with E-state index in [1.165, 1.54) is 12.1 Å². The number of rotatable bonds is 2. The lowest BCUT2D eigenvalue weighted by molar-refractivity contribution is 0.536. The highest BCUT2D eigenvalue weighted by Gasteiger charge is 2.19. The molecule has 0 saturated heterocycles. The molecule has 1 heterocycles. The van der Waals surface area contributed by atoms with E-state index in [9.17, 15) is 9.18 Å². The molecule has 0 aliphatic carbocycles.